The minimum atomic E-state index is 1.02. The Labute approximate surface area is 85.0 Å². The molecule has 0 amide bonds. The maximum Gasteiger partial charge on any atom is 0.0702 e. The van der Waals surface area contributed by atoms with E-state index in [0.29, 0.717) is 0 Å². The molecule has 1 aromatic heterocycles. The average Bonchev–Trinajstić information content (AvgIpc) is 2.17. The number of alkyl halides is 1. The van der Waals surface area contributed by atoms with Crippen molar-refractivity contribution in [3.05, 3.63) is 42.1 Å². The second-order valence-corrected chi connectivity index (χ2v) is 3.43. The van der Waals surface area contributed by atoms with Crippen LogP contribution in [0.1, 0.15) is 5.56 Å². The third-order valence-electron chi connectivity index (χ3n) is 1.80. The Morgan fingerprint density at radius 3 is 2.92 bits per heavy atom. The summed E-state index contributed by atoms with van der Waals surface area (Å²) in [6.07, 6.45) is 1.94. The molecule has 0 radical (unpaired) electrons. The molecule has 1 aromatic carbocycles. The first-order valence-corrected chi connectivity index (χ1v) is 5.32. The molecule has 0 aliphatic rings. The predicted molar refractivity (Wildman–Crippen MR) is 59.5 cm³/mol. The summed E-state index contributed by atoms with van der Waals surface area (Å²) in [5.74, 6) is 0. The Kier molecular flexibility index (Phi) is 2.26. The van der Waals surface area contributed by atoms with E-state index in [2.05, 4.69) is 39.7 Å². The number of hydrogen-bond donors (Lipinski definition) is 0. The maximum absolute atomic E-state index is 4.35. The summed E-state index contributed by atoms with van der Waals surface area (Å²) >= 11 is 2.35. The summed E-state index contributed by atoms with van der Waals surface area (Å²) in [4.78, 5) is 4.35. The monoisotopic (exact) mass is 269 g/mol. The van der Waals surface area contributed by atoms with Gasteiger partial charge in [0.25, 0.3) is 0 Å². The highest BCUT2D eigenvalue weighted by Gasteiger charge is 1.94. The minimum absolute atomic E-state index is 1.02. The molecular formula is C10H8IN. The highest BCUT2D eigenvalue weighted by molar-refractivity contribution is 14.1. The first-order valence-electron chi connectivity index (χ1n) is 3.80. The first kappa shape index (κ1) is 7.98. The molecule has 1 nitrogen and oxygen atoms in total. The van der Waals surface area contributed by atoms with Crippen LogP contribution in [-0.2, 0) is 4.43 Å². The number of nitrogens with zero attached hydrogens (tertiary/aromatic N) is 1. The van der Waals surface area contributed by atoms with Gasteiger partial charge >= 0.3 is 0 Å². The Balaban J connectivity index is 2.67. The molecule has 0 unspecified atom stereocenters. The van der Waals surface area contributed by atoms with Crippen LogP contribution in [0.4, 0.5) is 0 Å². The molecule has 0 atom stereocenters. The fraction of sp³-hybridized carbons (Fsp3) is 0.100. The van der Waals surface area contributed by atoms with Gasteiger partial charge in [-0.05, 0) is 17.7 Å². The van der Waals surface area contributed by atoms with Crippen molar-refractivity contribution in [2.24, 2.45) is 0 Å². The van der Waals surface area contributed by atoms with Crippen LogP contribution in [0.25, 0.3) is 10.9 Å². The highest BCUT2D eigenvalue weighted by atomic mass is 127. The van der Waals surface area contributed by atoms with Crippen LogP contribution in [0.5, 0.6) is 0 Å². The number of pyridine rings is 1. The molecule has 0 fully saturated rings. The summed E-state index contributed by atoms with van der Waals surface area (Å²) in [5, 5.41) is 1.23. The van der Waals surface area contributed by atoms with Crippen molar-refractivity contribution in [1.29, 1.82) is 0 Å². The fourth-order valence-corrected chi connectivity index (χ4v) is 1.61. The van der Waals surface area contributed by atoms with E-state index in [1.165, 1.54) is 10.9 Å². The van der Waals surface area contributed by atoms with Crippen molar-refractivity contribution in [3.63, 3.8) is 0 Å². The fourth-order valence-electron chi connectivity index (χ4n) is 1.19. The summed E-state index contributed by atoms with van der Waals surface area (Å²) in [7, 11) is 0. The van der Waals surface area contributed by atoms with Crippen molar-refractivity contribution in [2.45, 2.75) is 4.43 Å². The Bertz CT molecular complexity index is 398. The predicted octanol–water partition coefficient (Wildman–Crippen LogP) is 3.17. The quantitative estimate of drug-likeness (QED) is 0.572. The van der Waals surface area contributed by atoms with E-state index in [0.717, 1.165) is 9.94 Å². The summed E-state index contributed by atoms with van der Waals surface area (Å²) in [6.45, 7) is 0. The van der Waals surface area contributed by atoms with Crippen LogP contribution in [0.15, 0.2) is 36.5 Å². The van der Waals surface area contributed by atoms with Crippen molar-refractivity contribution in [3.8, 4) is 0 Å². The average molecular weight is 269 g/mol. The smallest absolute Gasteiger partial charge is 0.0702 e. The number of aromatic nitrogens is 1. The maximum atomic E-state index is 4.35. The van der Waals surface area contributed by atoms with Gasteiger partial charge in [-0.1, -0.05) is 40.8 Å². The van der Waals surface area contributed by atoms with Crippen molar-refractivity contribution < 1.29 is 0 Å². The molecule has 0 saturated carbocycles. The van der Waals surface area contributed by atoms with Crippen LogP contribution in [0.3, 0.4) is 0 Å². The minimum Gasteiger partial charge on any atom is -0.256 e. The van der Waals surface area contributed by atoms with Crippen molar-refractivity contribution in [1.82, 2.24) is 4.98 Å². The van der Waals surface area contributed by atoms with Gasteiger partial charge in [0.15, 0.2) is 0 Å². The molecule has 0 N–H and O–H groups in total. The van der Waals surface area contributed by atoms with Gasteiger partial charge in [-0.3, -0.25) is 4.98 Å². The largest absolute Gasteiger partial charge is 0.256 e. The molecule has 2 rings (SSSR count). The van der Waals surface area contributed by atoms with Gasteiger partial charge in [-0.15, -0.1) is 0 Å². The molecule has 0 spiro atoms. The molecule has 60 valence electrons. The van der Waals surface area contributed by atoms with Gasteiger partial charge in [0.05, 0.1) is 5.52 Å². The molecule has 0 aliphatic heterocycles. The Morgan fingerprint density at radius 1 is 1.25 bits per heavy atom. The number of para-hydroxylation sites is 1. The molecular weight excluding hydrogens is 261 g/mol. The zero-order valence-corrected chi connectivity index (χ0v) is 8.65. The second-order valence-electron chi connectivity index (χ2n) is 2.67. The summed E-state index contributed by atoms with van der Waals surface area (Å²) in [6, 6.07) is 10.4. The topological polar surface area (TPSA) is 12.9 Å². The number of fused-ring (bicyclic) bond motifs is 1. The van der Waals surface area contributed by atoms with Crippen LogP contribution in [0, 0.1) is 0 Å². The molecule has 0 aliphatic carbocycles. The first-order chi connectivity index (χ1) is 5.90. The molecule has 0 bridgehead atoms. The molecule has 2 aromatic rings. The van der Waals surface area contributed by atoms with Gasteiger partial charge < -0.3 is 0 Å². The molecule has 12 heavy (non-hydrogen) atoms. The Morgan fingerprint density at radius 2 is 2.08 bits per heavy atom. The van der Waals surface area contributed by atoms with Crippen LogP contribution < -0.4 is 0 Å². The molecule has 0 saturated heterocycles. The third kappa shape index (κ3) is 1.43. The summed E-state index contributed by atoms with van der Waals surface area (Å²) < 4.78 is 1.02. The van der Waals surface area contributed by atoms with Crippen molar-refractivity contribution >= 4 is 33.5 Å². The van der Waals surface area contributed by atoms with Gasteiger partial charge in [-0.25, -0.2) is 0 Å². The van der Waals surface area contributed by atoms with Gasteiger partial charge in [0.1, 0.15) is 0 Å². The normalized spacial score (nSPS) is 10.4. The van der Waals surface area contributed by atoms with Gasteiger partial charge in [0.2, 0.25) is 0 Å². The summed E-state index contributed by atoms with van der Waals surface area (Å²) in [5.41, 5.74) is 2.36. The van der Waals surface area contributed by atoms with Crippen molar-refractivity contribution in [2.75, 3.05) is 0 Å². The lowest BCUT2D eigenvalue weighted by atomic mass is 10.2. The zero-order chi connectivity index (χ0) is 8.39. The van der Waals surface area contributed by atoms with E-state index in [9.17, 15) is 0 Å². The van der Waals surface area contributed by atoms with E-state index in [-0.39, 0.29) is 0 Å². The Hall–Kier alpha value is -0.640. The molecule has 2 heteroatoms. The van der Waals surface area contributed by atoms with E-state index >= 15 is 0 Å². The molecule has 1 heterocycles. The lowest BCUT2D eigenvalue weighted by molar-refractivity contribution is 1.33. The third-order valence-corrected chi connectivity index (χ3v) is 2.68. The lowest BCUT2D eigenvalue weighted by Gasteiger charge is -1.98. The van der Waals surface area contributed by atoms with Crippen LogP contribution >= 0.6 is 22.6 Å². The van der Waals surface area contributed by atoms with E-state index in [1.807, 2.05) is 24.4 Å². The number of benzene rings is 1. The van der Waals surface area contributed by atoms with Crippen LogP contribution in [0.2, 0.25) is 0 Å². The number of rotatable bonds is 1. The lowest BCUT2D eigenvalue weighted by Crippen LogP contribution is -1.82. The SMILES string of the molecule is ICc1cnc2ccccc2c1. The van der Waals surface area contributed by atoms with Gasteiger partial charge in [-0.2, -0.15) is 0 Å². The van der Waals surface area contributed by atoms with Gasteiger partial charge in [0, 0.05) is 16.0 Å². The second kappa shape index (κ2) is 3.39. The number of halogens is 1. The standard InChI is InChI=1S/C10H8IN/c11-6-8-5-9-3-1-2-4-10(9)12-7-8/h1-5,7H,6H2. The van der Waals surface area contributed by atoms with E-state index in [1.54, 1.807) is 0 Å². The number of hydrogen-bond acceptors (Lipinski definition) is 1. The highest BCUT2D eigenvalue weighted by Crippen LogP contribution is 2.14. The van der Waals surface area contributed by atoms with E-state index in [4.69, 9.17) is 0 Å². The van der Waals surface area contributed by atoms with Crippen LogP contribution in [-0.4, -0.2) is 4.98 Å². The zero-order valence-electron chi connectivity index (χ0n) is 6.50. The van der Waals surface area contributed by atoms with E-state index < -0.39 is 0 Å².